The zero-order valence-electron chi connectivity index (χ0n) is 7.46. The molecule has 1 aliphatic heterocycles. The lowest BCUT2D eigenvalue weighted by molar-refractivity contribution is 0.0529. The molecule has 2 nitrogen and oxygen atoms in total. The molecule has 2 atom stereocenters. The maximum Gasteiger partial charge on any atom is 0.123 e. The highest BCUT2D eigenvalue weighted by molar-refractivity contribution is 5.19. The number of ether oxygens (including phenoxy) is 1. The SMILES string of the molecule is CC1NCC(c2ccc(F)cc2)O1. The van der Waals surface area contributed by atoms with E-state index in [0.717, 1.165) is 12.1 Å². The van der Waals surface area contributed by atoms with E-state index in [9.17, 15) is 4.39 Å². The molecule has 1 heterocycles. The molecule has 2 unspecified atom stereocenters. The van der Waals surface area contributed by atoms with Crippen LogP contribution in [0.4, 0.5) is 4.39 Å². The van der Waals surface area contributed by atoms with Crippen LogP contribution in [0, 0.1) is 5.82 Å². The van der Waals surface area contributed by atoms with E-state index in [1.807, 2.05) is 6.92 Å². The van der Waals surface area contributed by atoms with Gasteiger partial charge in [-0.25, -0.2) is 4.39 Å². The summed E-state index contributed by atoms with van der Waals surface area (Å²) in [6.07, 6.45) is 0.158. The summed E-state index contributed by atoms with van der Waals surface area (Å²) in [6.45, 7) is 2.76. The number of nitrogens with one attached hydrogen (secondary N) is 1. The number of halogens is 1. The van der Waals surface area contributed by atoms with Crippen LogP contribution >= 0.6 is 0 Å². The average molecular weight is 181 g/mol. The average Bonchev–Trinajstić information content (AvgIpc) is 2.53. The summed E-state index contributed by atoms with van der Waals surface area (Å²) in [7, 11) is 0. The molecule has 2 rings (SSSR count). The van der Waals surface area contributed by atoms with Crippen molar-refractivity contribution >= 4 is 0 Å². The molecule has 1 saturated heterocycles. The normalized spacial score (nSPS) is 27.8. The maximum absolute atomic E-state index is 12.6. The summed E-state index contributed by atoms with van der Waals surface area (Å²) >= 11 is 0. The molecule has 0 aromatic heterocycles. The Bertz CT molecular complexity index is 285. The van der Waals surface area contributed by atoms with Crippen molar-refractivity contribution in [2.45, 2.75) is 19.3 Å². The molecule has 0 aliphatic carbocycles. The van der Waals surface area contributed by atoms with Gasteiger partial charge in [-0.05, 0) is 24.6 Å². The van der Waals surface area contributed by atoms with Crippen LogP contribution in [0.3, 0.4) is 0 Å². The van der Waals surface area contributed by atoms with Crippen LogP contribution in [-0.4, -0.2) is 12.8 Å². The molecule has 0 saturated carbocycles. The third-order valence-electron chi connectivity index (χ3n) is 2.20. The molecular formula is C10H12FNO. The van der Waals surface area contributed by atoms with Gasteiger partial charge >= 0.3 is 0 Å². The smallest absolute Gasteiger partial charge is 0.123 e. The molecule has 3 heteroatoms. The monoisotopic (exact) mass is 181 g/mol. The predicted octanol–water partition coefficient (Wildman–Crippen LogP) is 1.83. The van der Waals surface area contributed by atoms with Crippen molar-refractivity contribution in [1.29, 1.82) is 0 Å². The Hall–Kier alpha value is -0.930. The van der Waals surface area contributed by atoms with Gasteiger partial charge < -0.3 is 4.74 Å². The van der Waals surface area contributed by atoms with Gasteiger partial charge in [0, 0.05) is 6.54 Å². The van der Waals surface area contributed by atoms with E-state index in [1.54, 1.807) is 12.1 Å². The standard InChI is InChI=1S/C10H12FNO/c1-7-12-6-10(13-7)8-2-4-9(11)5-3-8/h2-5,7,10,12H,6H2,1H3. The summed E-state index contributed by atoms with van der Waals surface area (Å²) in [4.78, 5) is 0. The largest absolute Gasteiger partial charge is 0.354 e. The first-order valence-corrected chi connectivity index (χ1v) is 4.40. The molecule has 0 spiro atoms. The maximum atomic E-state index is 12.6. The minimum atomic E-state index is -0.206. The molecule has 70 valence electrons. The molecule has 1 aromatic carbocycles. The number of rotatable bonds is 1. The van der Waals surface area contributed by atoms with E-state index in [2.05, 4.69) is 5.32 Å². The Morgan fingerprint density at radius 3 is 2.62 bits per heavy atom. The third kappa shape index (κ3) is 1.87. The van der Waals surface area contributed by atoms with Gasteiger partial charge in [0.1, 0.15) is 12.0 Å². The molecule has 1 N–H and O–H groups in total. The van der Waals surface area contributed by atoms with Crippen LogP contribution in [0.1, 0.15) is 18.6 Å². The van der Waals surface area contributed by atoms with Crippen LogP contribution in [-0.2, 0) is 4.74 Å². The number of hydrogen-bond acceptors (Lipinski definition) is 2. The van der Waals surface area contributed by atoms with Crippen molar-refractivity contribution in [3.63, 3.8) is 0 Å². The molecule has 0 radical (unpaired) electrons. The fourth-order valence-electron chi connectivity index (χ4n) is 1.49. The van der Waals surface area contributed by atoms with Crippen LogP contribution in [0.15, 0.2) is 24.3 Å². The van der Waals surface area contributed by atoms with Crippen molar-refractivity contribution in [3.05, 3.63) is 35.6 Å². The van der Waals surface area contributed by atoms with Gasteiger partial charge in [-0.1, -0.05) is 12.1 Å². The van der Waals surface area contributed by atoms with E-state index in [4.69, 9.17) is 4.74 Å². The molecule has 1 fully saturated rings. The first-order chi connectivity index (χ1) is 6.25. The number of benzene rings is 1. The van der Waals surface area contributed by atoms with E-state index in [0.29, 0.717) is 0 Å². The van der Waals surface area contributed by atoms with Crippen molar-refractivity contribution < 1.29 is 9.13 Å². The van der Waals surface area contributed by atoms with Crippen molar-refractivity contribution in [3.8, 4) is 0 Å². The second kappa shape index (κ2) is 3.44. The van der Waals surface area contributed by atoms with Gasteiger partial charge in [0.05, 0.1) is 6.10 Å². The molecule has 13 heavy (non-hydrogen) atoms. The first kappa shape index (κ1) is 8.66. The van der Waals surface area contributed by atoms with E-state index >= 15 is 0 Å². The summed E-state index contributed by atoms with van der Waals surface area (Å²) in [5, 5.41) is 3.17. The second-order valence-corrected chi connectivity index (χ2v) is 3.23. The summed E-state index contributed by atoms with van der Waals surface area (Å²) < 4.78 is 18.1. The van der Waals surface area contributed by atoms with Gasteiger partial charge in [-0.3, -0.25) is 5.32 Å². The van der Waals surface area contributed by atoms with Crippen molar-refractivity contribution in [2.24, 2.45) is 0 Å². The first-order valence-electron chi connectivity index (χ1n) is 4.40. The summed E-state index contributed by atoms with van der Waals surface area (Å²) in [5.41, 5.74) is 1.03. The van der Waals surface area contributed by atoms with E-state index in [1.165, 1.54) is 12.1 Å². The quantitative estimate of drug-likeness (QED) is 0.713. The van der Waals surface area contributed by atoms with Gasteiger partial charge in [0.2, 0.25) is 0 Å². The van der Waals surface area contributed by atoms with Gasteiger partial charge in [-0.15, -0.1) is 0 Å². The lowest BCUT2D eigenvalue weighted by atomic mass is 10.1. The molecule has 1 aromatic rings. The Kier molecular flexibility index (Phi) is 2.29. The number of hydrogen-bond donors (Lipinski definition) is 1. The fourth-order valence-corrected chi connectivity index (χ4v) is 1.49. The molecule has 0 bridgehead atoms. The summed E-state index contributed by atoms with van der Waals surface area (Å²) in [5.74, 6) is -0.206. The molecule has 0 amide bonds. The molecule has 1 aliphatic rings. The zero-order valence-corrected chi connectivity index (χ0v) is 7.46. The second-order valence-electron chi connectivity index (χ2n) is 3.23. The topological polar surface area (TPSA) is 21.3 Å². The highest BCUT2D eigenvalue weighted by Gasteiger charge is 2.22. The summed E-state index contributed by atoms with van der Waals surface area (Å²) in [6, 6.07) is 6.45. The van der Waals surface area contributed by atoms with Gasteiger partial charge in [-0.2, -0.15) is 0 Å². The highest BCUT2D eigenvalue weighted by atomic mass is 19.1. The zero-order chi connectivity index (χ0) is 9.26. The van der Waals surface area contributed by atoms with Gasteiger partial charge in [0.15, 0.2) is 0 Å². The Morgan fingerprint density at radius 2 is 2.08 bits per heavy atom. The fraction of sp³-hybridized carbons (Fsp3) is 0.400. The van der Waals surface area contributed by atoms with Gasteiger partial charge in [0.25, 0.3) is 0 Å². The van der Waals surface area contributed by atoms with E-state index in [-0.39, 0.29) is 18.1 Å². The Morgan fingerprint density at radius 1 is 1.38 bits per heavy atom. The Labute approximate surface area is 76.7 Å². The van der Waals surface area contributed by atoms with Crippen LogP contribution in [0.2, 0.25) is 0 Å². The minimum absolute atomic E-state index is 0.0654. The highest BCUT2D eigenvalue weighted by Crippen LogP contribution is 2.22. The Balaban J connectivity index is 2.13. The third-order valence-corrected chi connectivity index (χ3v) is 2.20. The van der Waals surface area contributed by atoms with E-state index < -0.39 is 0 Å². The van der Waals surface area contributed by atoms with Crippen LogP contribution in [0.25, 0.3) is 0 Å². The molecular weight excluding hydrogens is 169 g/mol. The van der Waals surface area contributed by atoms with Crippen LogP contribution in [0.5, 0.6) is 0 Å². The predicted molar refractivity (Wildman–Crippen MR) is 47.7 cm³/mol. The van der Waals surface area contributed by atoms with Crippen LogP contribution < -0.4 is 5.32 Å². The lowest BCUT2D eigenvalue weighted by Crippen LogP contribution is -2.17. The minimum Gasteiger partial charge on any atom is -0.354 e. The van der Waals surface area contributed by atoms with Crippen molar-refractivity contribution in [2.75, 3.05) is 6.54 Å². The lowest BCUT2D eigenvalue weighted by Gasteiger charge is -2.09. The van der Waals surface area contributed by atoms with Crippen molar-refractivity contribution in [1.82, 2.24) is 5.32 Å².